The van der Waals surface area contributed by atoms with E-state index in [0.717, 1.165) is 25.4 Å². The highest BCUT2D eigenvalue weighted by Gasteiger charge is 2.32. The summed E-state index contributed by atoms with van der Waals surface area (Å²) in [4.78, 5) is 27.2. The molecule has 0 bridgehead atoms. The highest BCUT2D eigenvalue weighted by atomic mass is 32.2. The fourth-order valence-electron chi connectivity index (χ4n) is 2.70. The topological polar surface area (TPSA) is 61.9 Å². The van der Waals surface area contributed by atoms with E-state index in [1.54, 1.807) is 12.1 Å². The molecule has 0 unspecified atom stereocenters. The van der Waals surface area contributed by atoms with Crippen molar-refractivity contribution in [3.8, 4) is 0 Å². The van der Waals surface area contributed by atoms with Gasteiger partial charge in [-0.1, -0.05) is 13.8 Å². The highest BCUT2D eigenvalue weighted by molar-refractivity contribution is 7.99. The van der Waals surface area contributed by atoms with Crippen LogP contribution in [-0.4, -0.2) is 61.5 Å². The molecule has 2 amide bonds. The molecular weight excluding hydrogens is 357 g/mol. The number of ether oxygens (including phenoxy) is 1. The molecule has 0 spiro atoms. The van der Waals surface area contributed by atoms with Gasteiger partial charge in [0, 0.05) is 24.1 Å². The molecule has 2 rings (SSSR count). The molecule has 1 aromatic carbocycles. The van der Waals surface area contributed by atoms with E-state index in [9.17, 15) is 14.0 Å². The number of hydrogen-bond donors (Lipinski definition) is 1. The van der Waals surface area contributed by atoms with Gasteiger partial charge in [-0.25, -0.2) is 9.18 Å². The second kappa shape index (κ2) is 9.78. The smallest absolute Gasteiger partial charge is 0.414 e. The van der Waals surface area contributed by atoms with Crippen molar-refractivity contribution in [3.05, 3.63) is 24.0 Å². The molecule has 26 heavy (non-hydrogen) atoms. The van der Waals surface area contributed by atoms with Crippen molar-refractivity contribution in [1.29, 1.82) is 0 Å². The monoisotopic (exact) mass is 383 g/mol. The number of halogens is 1. The zero-order valence-corrected chi connectivity index (χ0v) is 16.3. The summed E-state index contributed by atoms with van der Waals surface area (Å²) in [5.74, 6) is 0.282. The normalized spacial score (nSPS) is 16.9. The molecule has 6 nitrogen and oxygen atoms in total. The first-order valence-electron chi connectivity index (χ1n) is 8.81. The van der Waals surface area contributed by atoms with Gasteiger partial charge in [0.25, 0.3) is 0 Å². The first-order valence-corrected chi connectivity index (χ1v) is 9.80. The van der Waals surface area contributed by atoms with Crippen LogP contribution in [0, 0.1) is 5.82 Å². The van der Waals surface area contributed by atoms with E-state index in [1.807, 2.05) is 0 Å². The fraction of sp³-hybridized carbons (Fsp3) is 0.556. The Morgan fingerprint density at radius 2 is 2.15 bits per heavy atom. The molecule has 1 atom stereocenters. The summed E-state index contributed by atoms with van der Waals surface area (Å²) < 4.78 is 19.6. The van der Waals surface area contributed by atoms with E-state index in [2.05, 4.69) is 24.1 Å². The Hall–Kier alpha value is -1.80. The predicted molar refractivity (Wildman–Crippen MR) is 101 cm³/mol. The van der Waals surface area contributed by atoms with Crippen LogP contribution in [0.3, 0.4) is 0 Å². The molecule has 0 saturated carbocycles. The standard InChI is InChI=1S/C18H26FN3O3S/c1-4-21(5-2)8-9-26-17-7-6-14(10-16(17)19)22-12-15(25-18(22)24)11-20-13(3)23/h6-7,10,15H,4-5,8-9,11-12H2,1-3H3,(H,20,23)/t15-/m0/s1. The lowest BCUT2D eigenvalue weighted by Gasteiger charge is -2.18. The highest BCUT2D eigenvalue weighted by Crippen LogP contribution is 2.28. The third kappa shape index (κ3) is 5.60. The van der Waals surface area contributed by atoms with Crippen molar-refractivity contribution in [2.75, 3.05) is 43.4 Å². The van der Waals surface area contributed by atoms with Crippen molar-refractivity contribution in [3.63, 3.8) is 0 Å². The van der Waals surface area contributed by atoms with Gasteiger partial charge in [-0.15, -0.1) is 11.8 Å². The summed E-state index contributed by atoms with van der Waals surface area (Å²) in [7, 11) is 0. The van der Waals surface area contributed by atoms with E-state index in [-0.39, 0.29) is 24.8 Å². The van der Waals surface area contributed by atoms with Crippen LogP contribution in [0.5, 0.6) is 0 Å². The van der Waals surface area contributed by atoms with Crippen LogP contribution in [0.1, 0.15) is 20.8 Å². The second-order valence-corrected chi connectivity index (χ2v) is 7.18. The maximum absolute atomic E-state index is 14.4. The Balaban J connectivity index is 1.94. The van der Waals surface area contributed by atoms with Crippen LogP contribution in [0.2, 0.25) is 0 Å². The molecule has 0 aliphatic carbocycles. The Labute approximate surface area is 158 Å². The lowest BCUT2D eigenvalue weighted by molar-refractivity contribution is -0.119. The lowest BCUT2D eigenvalue weighted by Crippen LogP contribution is -2.33. The van der Waals surface area contributed by atoms with E-state index in [4.69, 9.17) is 4.74 Å². The number of benzene rings is 1. The van der Waals surface area contributed by atoms with Crippen LogP contribution in [0.4, 0.5) is 14.9 Å². The van der Waals surface area contributed by atoms with Crippen molar-refractivity contribution >= 4 is 29.4 Å². The number of carbonyl (C=O) groups is 2. The van der Waals surface area contributed by atoms with Gasteiger partial charge in [0.05, 0.1) is 18.8 Å². The number of nitrogens with one attached hydrogen (secondary N) is 1. The van der Waals surface area contributed by atoms with Gasteiger partial charge < -0.3 is 15.0 Å². The molecule has 1 N–H and O–H groups in total. The Morgan fingerprint density at radius 3 is 2.77 bits per heavy atom. The van der Waals surface area contributed by atoms with Crippen molar-refractivity contribution in [2.45, 2.75) is 31.8 Å². The Bertz CT molecular complexity index is 640. The molecule has 8 heteroatoms. The molecule has 1 aliphatic heterocycles. The SMILES string of the molecule is CCN(CC)CCSc1ccc(N2C[C@H](CNC(C)=O)OC2=O)cc1F. The van der Waals surface area contributed by atoms with Crippen LogP contribution in [0.25, 0.3) is 0 Å². The summed E-state index contributed by atoms with van der Waals surface area (Å²) in [5, 5.41) is 2.62. The third-order valence-electron chi connectivity index (χ3n) is 4.24. The minimum atomic E-state index is -0.526. The lowest BCUT2D eigenvalue weighted by atomic mass is 10.2. The van der Waals surface area contributed by atoms with Gasteiger partial charge in [0.1, 0.15) is 11.9 Å². The molecule has 1 aromatic rings. The van der Waals surface area contributed by atoms with Gasteiger partial charge in [-0.2, -0.15) is 0 Å². The summed E-state index contributed by atoms with van der Waals surface area (Å²) in [6, 6.07) is 4.79. The number of rotatable bonds is 9. The Kier molecular flexibility index (Phi) is 7.71. The van der Waals surface area contributed by atoms with Crippen LogP contribution in [-0.2, 0) is 9.53 Å². The number of thioether (sulfide) groups is 1. The molecule has 1 fully saturated rings. The number of carbonyl (C=O) groups excluding carboxylic acids is 2. The maximum Gasteiger partial charge on any atom is 0.414 e. The summed E-state index contributed by atoms with van der Waals surface area (Å²) >= 11 is 1.47. The number of nitrogens with zero attached hydrogens (tertiary/aromatic N) is 2. The summed E-state index contributed by atoms with van der Waals surface area (Å²) in [6.45, 7) is 9.02. The quantitative estimate of drug-likeness (QED) is 0.665. The van der Waals surface area contributed by atoms with E-state index >= 15 is 0 Å². The first-order chi connectivity index (χ1) is 12.4. The van der Waals surface area contributed by atoms with Gasteiger partial charge in [-0.05, 0) is 31.3 Å². The number of amides is 2. The molecule has 0 radical (unpaired) electrons. The van der Waals surface area contributed by atoms with Gasteiger partial charge in [0.2, 0.25) is 5.91 Å². The maximum atomic E-state index is 14.4. The largest absolute Gasteiger partial charge is 0.442 e. The van der Waals surface area contributed by atoms with E-state index in [1.165, 1.54) is 29.7 Å². The number of cyclic esters (lactones) is 1. The second-order valence-electron chi connectivity index (χ2n) is 6.04. The molecular formula is C18H26FN3O3S. The Morgan fingerprint density at radius 1 is 1.42 bits per heavy atom. The van der Waals surface area contributed by atoms with Gasteiger partial charge in [-0.3, -0.25) is 9.69 Å². The van der Waals surface area contributed by atoms with Gasteiger partial charge in [0.15, 0.2) is 0 Å². The molecule has 0 aromatic heterocycles. The van der Waals surface area contributed by atoms with E-state index < -0.39 is 12.2 Å². The van der Waals surface area contributed by atoms with Crippen LogP contribution in [0.15, 0.2) is 23.1 Å². The number of hydrogen-bond acceptors (Lipinski definition) is 5. The molecule has 144 valence electrons. The molecule has 1 heterocycles. The molecule has 1 aliphatic rings. The van der Waals surface area contributed by atoms with Crippen LogP contribution >= 0.6 is 11.8 Å². The summed E-state index contributed by atoms with van der Waals surface area (Å²) in [6.07, 6.45) is -0.959. The van der Waals surface area contributed by atoms with Gasteiger partial charge >= 0.3 is 6.09 Å². The zero-order valence-electron chi connectivity index (χ0n) is 15.5. The minimum Gasteiger partial charge on any atom is -0.442 e. The average Bonchev–Trinajstić information content (AvgIpc) is 2.99. The predicted octanol–water partition coefficient (Wildman–Crippen LogP) is 2.72. The zero-order chi connectivity index (χ0) is 19.1. The van der Waals surface area contributed by atoms with Crippen molar-refractivity contribution in [2.24, 2.45) is 0 Å². The fourth-order valence-corrected chi connectivity index (χ4v) is 3.63. The minimum absolute atomic E-state index is 0.184. The van der Waals surface area contributed by atoms with Crippen LogP contribution < -0.4 is 10.2 Å². The van der Waals surface area contributed by atoms with Crippen molar-refractivity contribution < 1.29 is 18.7 Å². The third-order valence-corrected chi connectivity index (χ3v) is 5.27. The first kappa shape index (κ1) is 20.5. The summed E-state index contributed by atoms with van der Waals surface area (Å²) in [5.41, 5.74) is 0.464. The average molecular weight is 383 g/mol. The van der Waals surface area contributed by atoms with Crippen molar-refractivity contribution in [1.82, 2.24) is 10.2 Å². The van der Waals surface area contributed by atoms with E-state index in [0.29, 0.717) is 10.6 Å². The molecule has 1 saturated heterocycles. The number of anilines is 1.